The summed E-state index contributed by atoms with van der Waals surface area (Å²) in [6.07, 6.45) is 4.64. The number of amides is 1. The summed E-state index contributed by atoms with van der Waals surface area (Å²) in [5, 5.41) is 3.44. The molecule has 1 aliphatic heterocycles. The number of likely N-dealkylation sites (tertiary alicyclic amines) is 1. The number of piperidine rings is 1. The zero-order valence-electron chi connectivity index (χ0n) is 12.2. The largest absolute Gasteiger partial charge is 0.346 e. The second kappa shape index (κ2) is 6.84. The highest BCUT2D eigenvalue weighted by Crippen LogP contribution is 2.19. The molecule has 4 heteroatoms. The van der Waals surface area contributed by atoms with Crippen molar-refractivity contribution < 1.29 is 4.79 Å². The minimum Gasteiger partial charge on any atom is -0.346 e. The van der Waals surface area contributed by atoms with Crippen LogP contribution in [0.3, 0.4) is 0 Å². The summed E-state index contributed by atoms with van der Waals surface area (Å²) in [4.78, 5) is 14.4. The molecule has 0 bridgehead atoms. The Morgan fingerprint density at radius 3 is 2.70 bits per heavy atom. The Hall–Kier alpha value is -1.42. The molecule has 1 aliphatic rings. The molecular weight excluding hydrogens is 268 g/mol. The second-order valence-electron chi connectivity index (χ2n) is 5.38. The first-order valence-corrected chi connectivity index (χ1v) is 7.71. The monoisotopic (exact) mass is 290 g/mol. The van der Waals surface area contributed by atoms with Crippen LogP contribution in [0.1, 0.15) is 48.5 Å². The van der Waals surface area contributed by atoms with Gasteiger partial charge >= 0.3 is 0 Å². The van der Waals surface area contributed by atoms with Crippen LogP contribution in [-0.4, -0.2) is 28.5 Å². The molecule has 108 valence electrons. The molecule has 1 fully saturated rings. The molecule has 1 amide bonds. The van der Waals surface area contributed by atoms with Crippen molar-refractivity contribution >= 4 is 23.2 Å². The minimum absolute atomic E-state index is 0.115. The first kappa shape index (κ1) is 15.0. The summed E-state index contributed by atoms with van der Waals surface area (Å²) in [5.41, 5.74) is 1.80. The molecule has 1 atom stereocenters. The van der Waals surface area contributed by atoms with Gasteiger partial charge in [-0.3, -0.25) is 10.1 Å². The van der Waals surface area contributed by atoms with E-state index in [1.807, 2.05) is 31.2 Å². The Morgan fingerprint density at radius 2 is 2.05 bits per heavy atom. The number of aryl methyl sites for hydroxylation is 1. The van der Waals surface area contributed by atoms with E-state index in [9.17, 15) is 4.79 Å². The first-order chi connectivity index (χ1) is 9.61. The smallest absolute Gasteiger partial charge is 0.257 e. The molecule has 0 spiro atoms. The van der Waals surface area contributed by atoms with Gasteiger partial charge in [0.25, 0.3) is 5.91 Å². The molecule has 0 radical (unpaired) electrons. The van der Waals surface area contributed by atoms with Crippen LogP contribution in [0.5, 0.6) is 0 Å². The van der Waals surface area contributed by atoms with Crippen molar-refractivity contribution in [1.82, 2.24) is 10.2 Å². The van der Waals surface area contributed by atoms with Crippen LogP contribution < -0.4 is 5.32 Å². The zero-order valence-corrected chi connectivity index (χ0v) is 13.0. The van der Waals surface area contributed by atoms with E-state index in [1.54, 1.807) is 0 Å². The van der Waals surface area contributed by atoms with Gasteiger partial charge in [-0.1, -0.05) is 24.6 Å². The summed E-state index contributed by atoms with van der Waals surface area (Å²) < 4.78 is 0. The van der Waals surface area contributed by atoms with E-state index in [2.05, 4.69) is 17.1 Å². The van der Waals surface area contributed by atoms with Crippen LogP contribution in [0.15, 0.2) is 24.3 Å². The molecule has 1 aromatic rings. The molecule has 0 aliphatic carbocycles. The summed E-state index contributed by atoms with van der Waals surface area (Å²) >= 11 is 5.41. The molecule has 1 saturated heterocycles. The molecule has 3 nitrogen and oxygen atoms in total. The molecule has 1 heterocycles. The van der Waals surface area contributed by atoms with Crippen molar-refractivity contribution in [2.24, 2.45) is 0 Å². The fourth-order valence-electron chi connectivity index (χ4n) is 2.64. The van der Waals surface area contributed by atoms with E-state index >= 15 is 0 Å². The zero-order chi connectivity index (χ0) is 14.5. The van der Waals surface area contributed by atoms with Crippen LogP contribution in [-0.2, 0) is 0 Å². The highest BCUT2D eigenvalue weighted by molar-refractivity contribution is 7.80. The molecule has 20 heavy (non-hydrogen) atoms. The van der Waals surface area contributed by atoms with Crippen molar-refractivity contribution in [3.8, 4) is 0 Å². The third kappa shape index (κ3) is 3.57. The van der Waals surface area contributed by atoms with Crippen molar-refractivity contribution in [2.45, 2.75) is 45.6 Å². The Kier molecular flexibility index (Phi) is 5.12. The molecule has 0 saturated carbocycles. The van der Waals surface area contributed by atoms with Gasteiger partial charge in [0.1, 0.15) is 0 Å². The van der Waals surface area contributed by atoms with E-state index in [1.165, 1.54) is 6.42 Å². The summed E-state index contributed by atoms with van der Waals surface area (Å²) in [7, 11) is 0. The molecular formula is C16H22N2OS. The number of rotatable bonds is 2. The topological polar surface area (TPSA) is 32.3 Å². The van der Waals surface area contributed by atoms with Gasteiger partial charge in [0.05, 0.1) is 0 Å². The van der Waals surface area contributed by atoms with Crippen LogP contribution in [0.2, 0.25) is 0 Å². The summed E-state index contributed by atoms with van der Waals surface area (Å²) in [6.45, 7) is 5.13. The summed E-state index contributed by atoms with van der Waals surface area (Å²) in [5.74, 6) is -0.115. The van der Waals surface area contributed by atoms with Gasteiger partial charge in [-0.2, -0.15) is 0 Å². The fourth-order valence-corrected chi connectivity index (χ4v) is 2.97. The Bertz CT molecular complexity index is 484. The van der Waals surface area contributed by atoms with Gasteiger partial charge in [0.2, 0.25) is 0 Å². The van der Waals surface area contributed by atoms with E-state index in [4.69, 9.17) is 12.2 Å². The number of hydrogen-bond acceptors (Lipinski definition) is 2. The number of nitrogens with zero attached hydrogens (tertiary/aromatic N) is 1. The predicted molar refractivity (Wildman–Crippen MR) is 85.9 cm³/mol. The van der Waals surface area contributed by atoms with Gasteiger partial charge in [0.15, 0.2) is 5.11 Å². The third-order valence-electron chi connectivity index (χ3n) is 3.89. The Morgan fingerprint density at radius 1 is 1.35 bits per heavy atom. The van der Waals surface area contributed by atoms with Gasteiger partial charge in [-0.05, 0) is 57.0 Å². The van der Waals surface area contributed by atoms with Gasteiger partial charge in [0, 0.05) is 18.2 Å². The van der Waals surface area contributed by atoms with Crippen molar-refractivity contribution in [3.63, 3.8) is 0 Å². The average molecular weight is 290 g/mol. The van der Waals surface area contributed by atoms with Crippen LogP contribution in [0.4, 0.5) is 0 Å². The van der Waals surface area contributed by atoms with E-state index in [0.29, 0.717) is 16.7 Å². The highest BCUT2D eigenvalue weighted by atomic mass is 32.1. The van der Waals surface area contributed by atoms with Crippen LogP contribution in [0.25, 0.3) is 0 Å². The lowest BCUT2D eigenvalue weighted by Crippen LogP contribution is -2.49. The Labute approximate surface area is 126 Å². The van der Waals surface area contributed by atoms with Gasteiger partial charge in [-0.15, -0.1) is 0 Å². The van der Waals surface area contributed by atoms with E-state index < -0.39 is 0 Å². The second-order valence-corrected chi connectivity index (χ2v) is 5.76. The average Bonchev–Trinajstić information content (AvgIpc) is 2.47. The van der Waals surface area contributed by atoms with Crippen LogP contribution >= 0.6 is 12.2 Å². The molecule has 0 aromatic heterocycles. The lowest BCUT2D eigenvalue weighted by Gasteiger charge is -2.37. The minimum atomic E-state index is -0.115. The van der Waals surface area contributed by atoms with E-state index in [-0.39, 0.29) is 5.91 Å². The first-order valence-electron chi connectivity index (χ1n) is 7.30. The molecule has 1 N–H and O–H groups in total. The number of carbonyl (C=O) groups excluding carboxylic acids is 1. The van der Waals surface area contributed by atoms with Crippen molar-refractivity contribution in [2.75, 3.05) is 6.54 Å². The Balaban J connectivity index is 1.99. The predicted octanol–water partition coefficient (Wildman–Crippen LogP) is 3.27. The number of carbonyl (C=O) groups is 1. The number of thiocarbonyl (C=S) groups is 1. The highest BCUT2D eigenvalue weighted by Gasteiger charge is 2.24. The number of hydrogen-bond donors (Lipinski definition) is 1. The fraction of sp³-hybridized carbons (Fsp3) is 0.500. The van der Waals surface area contributed by atoms with Gasteiger partial charge < -0.3 is 4.90 Å². The van der Waals surface area contributed by atoms with Crippen molar-refractivity contribution in [1.29, 1.82) is 0 Å². The van der Waals surface area contributed by atoms with Crippen LogP contribution in [0, 0.1) is 6.92 Å². The quantitative estimate of drug-likeness (QED) is 0.848. The SMILES string of the molecule is CCC1CCCCN1C(=S)NC(=O)c1ccc(C)cc1. The number of benzene rings is 1. The molecule has 1 unspecified atom stereocenters. The molecule has 2 rings (SSSR count). The standard InChI is InChI=1S/C16H22N2OS/c1-3-14-6-4-5-11-18(14)16(20)17-15(19)13-9-7-12(2)8-10-13/h7-10,14H,3-6,11H2,1-2H3,(H,17,19,20). The number of nitrogens with one attached hydrogen (secondary N) is 1. The molecule has 1 aromatic carbocycles. The maximum absolute atomic E-state index is 12.2. The van der Waals surface area contributed by atoms with Crippen molar-refractivity contribution in [3.05, 3.63) is 35.4 Å². The van der Waals surface area contributed by atoms with Gasteiger partial charge in [-0.25, -0.2) is 0 Å². The summed E-state index contributed by atoms with van der Waals surface area (Å²) in [6, 6.07) is 8.01. The third-order valence-corrected chi connectivity index (χ3v) is 4.23. The van der Waals surface area contributed by atoms with E-state index in [0.717, 1.165) is 31.4 Å². The lowest BCUT2D eigenvalue weighted by molar-refractivity contribution is 0.0969. The normalized spacial score (nSPS) is 18.7. The maximum Gasteiger partial charge on any atom is 0.257 e. The lowest BCUT2D eigenvalue weighted by atomic mass is 10.0. The maximum atomic E-state index is 12.2.